The van der Waals surface area contributed by atoms with Crippen LogP contribution in [0.25, 0.3) is 0 Å². The molecule has 1 N–H and O–H groups in total. The minimum absolute atomic E-state index is 0.0465. The molecule has 1 saturated heterocycles. The minimum atomic E-state index is -0.574. The third-order valence-electron chi connectivity index (χ3n) is 3.43. The number of hydrogen-bond donors (Lipinski definition) is 1. The Hall–Kier alpha value is -0.970. The van der Waals surface area contributed by atoms with Gasteiger partial charge < -0.3 is 15.0 Å². The van der Waals surface area contributed by atoms with E-state index in [0.717, 1.165) is 19.5 Å². The molecule has 0 saturated carbocycles. The second-order valence-electron chi connectivity index (χ2n) is 4.96. The molecular weight excluding hydrogens is 299 g/mol. The van der Waals surface area contributed by atoms with Gasteiger partial charge in [0.2, 0.25) is 0 Å². The molecule has 0 aliphatic carbocycles. The van der Waals surface area contributed by atoms with Crippen LogP contribution >= 0.6 is 23.2 Å². The molecule has 1 aliphatic rings. The molecule has 1 fully saturated rings. The molecule has 6 heteroatoms. The average molecular weight is 317 g/mol. The van der Waals surface area contributed by atoms with Crippen molar-refractivity contribution in [1.82, 2.24) is 10.2 Å². The van der Waals surface area contributed by atoms with Gasteiger partial charge in [-0.2, -0.15) is 0 Å². The van der Waals surface area contributed by atoms with E-state index < -0.39 is 6.10 Å². The summed E-state index contributed by atoms with van der Waals surface area (Å²) in [6.45, 7) is 3.51. The first-order valence-electron chi connectivity index (χ1n) is 6.57. The smallest absolute Gasteiger partial charge is 0.263 e. The van der Waals surface area contributed by atoms with Crippen molar-refractivity contribution in [3.05, 3.63) is 28.2 Å². The summed E-state index contributed by atoms with van der Waals surface area (Å²) in [4.78, 5) is 14.1. The number of likely N-dealkylation sites (N-methyl/N-ethyl adjacent to an activating group) is 1. The van der Waals surface area contributed by atoms with E-state index in [1.165, 1.54) is 0 Å². The molecule has 1 aliphatic heterocycles. The fourth-order valence-corrected chi connectivity index (χ4v) is 2.79. The molecule has 2 atom stereocenters. The third-order valence-corrected chi connectivity index (χ3v) is 3.86. The van der Waals surface area contributed by atoms with E-state index in [4.69, 9.17) is 27.9 Å². The summed E-state index contributed by atoms with van der Waals surface area (Å²) in [6.07, 6.45) is 0.396. The van der Waals surface area contributed by atoms with E-state index in [1.807, 2.05) is 7.05 Å². The van der Waals surface area contributed by atoms with E-state index in [9.17, 15) is 4.79 Å². The van der Waals surface area contributed by atoms with Gasteiger partial charge in [0.25, 0.3) is 5.91 Å². The summed E-state index contributed by atoms with van der Waals surface area (Å²) in [5.74, 6) is 0.455. The number of halogens is 2. The molecule has 0 radical (unpaired) electrons. The largest absolute Gasteiger partial charge is 0.481 e. The van der Waals surface area contributed by atoms with Gasteiger partial charge in [-0.1, -0.05) is 23.2 Å². The maximum absolute atomic E-state index is 12.3. The molecular formula is C14H18Cl2N2O2. The van der Waals surface area contributed by atoms with Crippen LogP contribution in [-0.4, -0.2) is 43.1 Å². The number of rotatable bonds is 4. The summed E-state index contributed by atoms with van der Waals surface area (Å²) >= 11 is 11.8. The number of amides is 1. The standard InChI is InChI=1S/C14H18Cl2N2O2/c1-9(14(19)18(2)12-3-4-17-8-12)20-13-6-10(15)5-11(16)7-13/h5-7,9,12,17H,3-4,8H2,1-2H3. The normalized spacial score (nSPS) is 19.7. The lowest BCUT2D eigenvalue weighted by Crippen LogP contribution is -2.44. The Kier molecular flexibility index (Phi) is 5.13. The van der Waals surface area contributed by atoms with Crippen molar-refractivity contribution >= 4 is 29.1 Å². The first kappa shape index (κ1) is 15.4. The van der Waals surface area contributed by atoms with Crippen LogP contribution in [0.3, 0.4) is 0 Å². The quantitative estimate of drug-likeness (QED) is 0.928. The zero-order chi connectivity index (χ0) is 14.7. The molecule has 1 aromatic rings. The van der Waals surface area contributed by atoms with Crippen LogP contribution in [-0.2, 0) is 4.79 Å². The Balaban J connectivity index is 1.99. The van der Waals surface area contributed by atoms with Gasteiger partial charge in [0.1, 0.15) is 5.75 Å². The van der Waals surface area contributed by atoms with E-state index in [0.29, 0.717) is 15.8 Å². The van der Waals surface area contributed by atoms with Crippen molar-refractivity contribution in [2.75, 3.05) is 20.1 Å². The molecule has 110 valence electrons. The summed E-state index contributed by atoms with van der Waals surface area (Å²) in [6, 6.07) is 5.15. The zero-order valence-corrected chi connectivity index (χ0v) is 13.0. The SMILES string of the molecule is CC(Oc1cc(Cl)cc(Cl)c1)C(=O)N(C)C1CCNC1. The van der Waals surface area contributed by atoms with E-state index in [-0.39, 0.29) is 11.9 Å². The molecule has 2 unspecified atom stereocenters. The van der Waals surface area contributed by atoms with Crippen LogP contribution in [0.15, 0.2) is 18.2 Å². The number of ether oxygens (including phenoxy) is 1. The molecule has 2 rings (SSSR count). The van der Waals surface area contributed by atoms with E-state index >= 15 is 0 Å². The third kappa shape index (κ3) is 3.78. The van der Waals surface area contributed by atoms with Gasteiger partial charge in [-0.3, -0.25) is 4.79 Å². The lowest BCUT2D eigenvalue weighted by molar-refractivity contribution is -0.138. The lowest BCUT2D eigenvalue weighted by atomic mass is 10.2. The van der Waals surface area contributed by atoms with Crippen LogP contribution in [0.4, 0.5) is 0 Å². The van der Waals surface area contributed by atoms with Crippen LogP contribution < -0.4 is 10.1 Å². The Labute approximate surface area is 129 Å². The van der Waals surface area contributed by atoms with Gasteiger partial charge in [-0.15, -0.1) is 0 Å². The van der Waals surface area contributed by atoms with Gasteiger partial charge in [-0.25, -0.2) is 0 Å². The first-order valence-corrected chi connectivity index (χ1v) is 7.33. The van der Waals surface area contributed by atoms with Gasteiger partial charge in [0, 0.05) is 29.7 Å². The van der Waals surface area contributed by atoms with Crippen molar-refractivity contribution in [1.29, 1.82) is 0 Å². The maximum atomic E-state index is 12.3. The van der Waals surface area contributed by atoms with Gasteiger partial charge >= 0.3 is 0 Å². The monoisotopic (exact) mass is 316 g/mol. The van der Waals surface area contributed by atoms with E-state index in [2.05, 4.69) is 5.32 Å². The number of benzene rings is 1. The van der Waals surface area contributed by atoms with Crippen LogP contribution in [0.5, 0.6) is 5.75 Å². The minimum Gasteiger partial charge on any atom is -0.481 e. The van der Waals surface area contributed by atoms with E-state index in [1.54, 1.807) is 30.0 Å². The van der Waals surface area contributed by atoms with Gasteiger partial charge in [0.15, 0.2) is 6.10 Å². The Morgan fingerprint density at radius 1 is 1.40 bits per heavy atom. The topological polar surface area (TPSA) is 41.6 Å². The van der Waals surface area contributed by atoms with Crippen molar-refractivity contribution < 1.29 is 9.53 Å². The van der Waals surface area contributed by atoms with Gasteiger partial charge in [-0.05, 0) is 38.1 Å². The number of nitrogens with zero attached hydrogens (tertiary/aromatic N) is 1. The lowest BCUT2D eigenvalue weighted by Gasteiger charge is -2.27. The summed E-state index contributed by atoms with van der Waals surface area (Å²) in [5.41, 5.74) is 0. The number of nitrogens with one attached hydrogen (secondary N) is 1. The van der Waals surface area contributed by atoms with Crippen molar-refractivity contribution in [2.45, 2.75) is 25.5 Å². The summed E-state index contributed by atoms with van der Waals surface area (Å²) in [5, 5.41) is 4.22. The predicted octanol–water partition coefficient (Wildman–Crippen LogP) is 2.58. The number of hydrogen-bond acceptors (Lipinski definition) is 3. The number of carbonyl (C=O) groups excluding carboxylic acids is 1. The highest BCUT2D eigenvalue weighted by Crippen LogP contribution is 2.25. The van der Waals surface area contributed by atoms with Gasteiger partial charge in [0.05, 0.1) is 0 Å². The maximum Gasteiger partial charge on any atom is 0.263 e. The molecule has 0 aromatic heterocycles. The fourth-order valence-electron chi connectivity index (χ4n) is 2.29. The molecule has 1 heterocycles. The zero-order valence-electron chi connectivity index (χ0n) is 11.5. The van der Waals surface area contributed by atoms with Crippen molar-refractivity contribution in [2.24, 2.45) is 0 Å². The molecule has 4 nitrogen and oxygen atoms in total. The Bertz CT molecular complexity index is 470. The second kappa shape index (κ2) is 6.66. The highest BCUT2D eigenvalue weighted by Gasteiger charge is 2.27. The fraction of sp³-hybridized carbons (Fsp3) is 0.500. The molecule has 1 aromatic carbocycles. The van der Waals surface area contributed by atoms with Crippen LogP contribution in [0, 0.1) is 0 Å². The molecule has 0 bridgehead atoms. The highest BCUT2D eigenvalue weighted by atomic mass is 35.5. The first-order chi connectivity index (χ1) is 9.47. The Morgan fingerprint density at radius 3 is 2.60 bits per heavy atom. The second-order valence-corrected chi connectivity index (χ2v) is 5.83. The number of carbonyl (C=O) groups is 1. The van der Waals surface area contributed by atoms with Crippen molar-refractivity contribution in [3.8, 4) is 5.75 Å². The highest BCUT2D eigenvalue weighted by molar-refractivity contribution is 6.34. The Morgan fingerprint density at radius 2 is 2.05 bits per heavy atom. The van der Waals surface area contributed by atoms with Crippen molar-refractivity contribution in [3.63, 3.8) is 0 Å². The molecule has 0 spiro atoms. The predicted molar refractivity (Wildman–Crippen MR) is 80.6 cm³/mol. The van der Waals surface area contributed by atoms with Crippen LogP contribution in [0.2, 0.25) is 10.0 Å². The van der Waals surface area contributed by atoms with Crippen LogP contribution in [0.1, 0.15) is 13.3 Å². The average Bonchev–Trinajstić information content (AvgIpc) is 2.89. The summed E-state index contributed by atoms with van der Waals surface area (Å²) in [7, 11) is 1.81. The summed E-state index contributed by atoms with van der Waals surface area (Å²) < 4.78 is 5.64. The molecule has 20 heavy (non-hydrogen) atoms. The molecule has 1 amide bonds.